The predicted octanol–water partition coefficient (Wildman–Crippen LogP) is 4.24. The van der Waals surface area contributed by atoms with Crippen LogP contribution in [0.2, 0.25) is 0 Å². The van der Waals surface area contributed by atoms with Crippen LogP contribution in [-0.4, -0.2) is 70.3 Å². The third kappa shape index (κ3) is 5.25. The van der Waals surface area contributed by atoms with E-state index in [1.807, 2.05) is 4.40 Å². The number of carbonyl (C=O) groups excluding carboxylic acids is 1. The minimum absolute atomic E-state index is 0.127. The molecule has 0 bridgehead atoms. The lowest BCUT2D eigenvalue weighted by Gasteiger charge is -2.33. The van der Waals surface area contributed by atoms with E-state index in [1.54, 1.807) is 29.8 Å². The number of benzene rings is 1. The summed E-state index contributed by atoms with van der Waals surface area (Å²) in [7, 11) is -3.58. The number of aryl methyl sites for hydroxylation is 1. The fraction of sp³-hybridized carbons (Fsp3) is 0.481. The summed E-state index contributed by atoms with van der Waals surface area (Å²) in [5.41, 5.74) is 2.94. The lowest BCUT2D eigenvalue weighted by molar-refractivity contribution is -0.113. The summed E-state index contributed by atoms with van der Waals surface area (Å²) in [5, 5.41) is 13.4. The van der Waals surface area contributed by atoms with Crippen molar-refractivity contribution in [2.75, 3.05) is 37.4 Å². The van der Waals surface area contributed by atoms with Gasteiger partial charge in [-0.05, 0) is 60.4 Å². The monoisotopic (exact) mass is 600 g/mol. The number of hydrogen-bond acceptors (Lipinski definition) is 9. The predicted molar refractivity (Wildman–Crippen MR) is 157 cm³/mol. The van der Waals surface area contributed by atoms with Crippen molar-refractivity contribution >= 4 is 60.6 Å². The average molecular weight is 601 g/mol. The minimum Gasteiger partial charge on any atom is -0.379 e. The van der Waals surface area contributed by atoms with Gasteiger partial charge in [-0.2, -0.15) is 4.31 Å². The van der Waals surface area contributed by atoms with Gasteiger partial charge in [0.1, 0.15) is 11.2 Å². The smallest absolute Gasteiger partial charge is 0.243 e. The first-order valence-corrected chi connectivity index (χ1v) is 16.6. The standard InChI is InChI=1S/C27H32N6O4S3/c1-27(2,3)17-4-9-20-21(14-17)39-25-23(20)24-30-31-26(33(24)16-28-25)38-15-22(34)29-18-5-7-19(8-6-18)40(35,36)32-10-12-37-13-11-32/h5-8,16-17H,4,9-15H2,1-3H3,(H,29,34). The van der Waals surface area contributed by atoms with Crippen LogP contribution < -0.4 is 5.32 Å². The Hall–Kier alpha value is -2.58. The molecule has 1 aliphatic carbocycles. The highest BCUT2D eigenvalue weighted by atomic mass is 32.2. The number of carbonyl (C=O) groups is 1. The molecule has 0 radical (unpaired) electrons. The Balaban J connectivity index is 1.13. The molecule has 10 nitrogen and oxygen atoms in total. The Kier molecular flexibility index (Phi) is 7.36. The molecule has 1 N–H and O–H groups in total. The molecule has 1 aromatic carbocycles. The fourth-order valence-corrected chi connectivity index (χ4v) is 8.74. The SMILES string of the molecule is CC(C)(C)C1CCc2c(sc3ncn4c(SCC(=O)Nc5ccc(S(=O)(=O)N6CCOCC6)cc5)nnc4c23)C1. The van der Waals surface area contributed by atoms with Gasteiger partial charge in [-0.15, -0.1) is 21.5 Å². The van der Waals surface area contributed by atoms with Crippen LogP contribution in [0.5, 0.6) is 0 Å². The van der Waals surface area contributed by atoms with Gasteiger partial charge in [0.2, 0.25) is 15.9 Å². The second kappa shape index (κ2) is 10.7. The maximum Gasteiger partial charge on any atom is 0.243 e. The fourth-order valence-electron chi connectivity index (χ4n) is 5.37. The number of thioether (sulfide) groups is 1. The van der Waals surface area contributed by atoms with Gasteiger partial charge in [0.15, 0.2) is 10.8 Å². The summed E-state index contributed by atoms with van der Waals surface area (Å²) in [4.78, 5) is 20.0. The Morgan fingerprint density at radius 1 is 1.18 bits per heavy atom. The summed E-state index contributed by atoms with van der Waals surface area (Å²) in [6.07, 6.45) is 4.99. The number of morpholine rings is 1. The molecule has 4 heterocycles. The summed E-state index contributed by atoms with van der Waals surface area (Å²) in [6, 6.07) is 6.24. The number of amides is 1. The molecule has 4 aromatic rings. The lowest BCUT2D eigenvalue weighted by Crippen LogP contribution is -2.40. The quantitative estimate of drug-likeness (QED) is 0.327. The normalized spacial score (nSPS) is 18.7. The van der Waals surface area contributed by atoms with Crippen molar-refractivity contribution in [3.05, 3.63) is 41.0 Å². The van der Waals surface area contributed by atoms with E-state index in [2.05, 4.69) is 36.3 Å². The maximum absolute atomic E-state index is 12.8. The van der Waals surface area contributed by atoms with Gasteiger partial charge >= 0.3 is 0 Å². The largest absolute Gasteiger partial charge is 0.379 e. The first-order chi connectivity index (χ1) is 19.1. The van der Waals surface area contributed by atoms with Gasteiger partial charge in [0, 0.05) is 23.7 Å². The van der Waals surface area contributed by atoms with Crippen LogP contribution >= 0.6 is 23.1 Å². The number of anilines is 1. The van der Waals surface area contributed by atoms with Gasteiger partial charge < -0.3 is 10.1 Å². The Morgan fingerprint density at radius 2 is 1.93 bits per heavy atom. The highest BCUT2D eigenvalue weighted by Crippen LogP contribution is 2.43. The van der Waals surface area contributed by atoms with E-state index in [0.717, 1.165) is 35.1 Å². The van der Waals surface area contributed by atoms with Crippen molar-refractivity contribution in [2.24, 2.45) is 11.3 Å². The van der Waals surface area contributed by atoms with Gasteiger partial charge in [-0.25, -0.2) is 13.4 Å². The van der Waals surface area contributed by atoms with Gasteiger partial charge in [-0.3, -0.25) is 9.20 Å². The zero-order valence-electron chi connectivity index (χ0n) is 22.7. The molecule has 3 aromatic heterocycles. The molecule has 1 saturated heterocycles. The number of nitrogens with one attached hydrogen (secondary N) is 1. The summed E-state index contributed by atoms with van der Waals surface area (Å²) in [5.74, 6) is 0.555. The van der Waals surface area contributed by atoms with Crippen molar-refractivity contribution in [1.82, 2.24) is 23.9 Å². The molecule has 1 unspecified atom stereocenters. The number of nitrogens with zero attached hydrogens (tertiary/aromatic N) is 5. The van der Waals surface area contributed by atoms with Crippen LogP contribution in [0.4, 0.5) is 5.69 Å². The number of fused-ring (bicyclic) bond motifs is 5. The highest BCUT2D eigenvalue weighted by molar-refractivity contribution is 7.99. The molecule has 0 spiro atoms. The van der Waals surface area contributed by atoms with E-state index in [1.165, 1.54) is 38.6 Å². The number of rotatable bonds is 6. The van der Waals surface area contributed by atoms with E-state index in [4.69, 9.17) is 9.72 Å². The Labute approximate surface area is 241 Å². The molecule has 6 rings (SSSR count). The molecule has 13 heteroatoms. The maximum atomic E-state index is 12.8. The Bertz CT molecular complexity index is 1670. The average Bonchev–Trinajstić information content (AvgIpc) is 3.52. The van der Waals surface area contributed by atoms with Gasteiger partial charge in [-0.1, -0.05) is 32.5 Å². The van der Waals surface area contributed by atoms with Crippen LogP contribution in [0, 0.1) is 11.3 Å². The second-order valence-corrected chi connectivity index (χ2v) is 15.3. The van der Waals surface area contributed by atoms with Gasteiger partial charge in [0.05, 0.1) is 29.2 Å². The van der Waals surface area contributed by atoms with Crippen LogP contribution in [-0.2, 0) is 32.4 Å². The van der Waals surface area contributed by atoms with Crippen molar-refractivity contribution in [3.8, 4) is 0 Å². The molecular formula is C27H32N6O4S3. The molecular weight excluding hydrogens is 569 g/mol. The molecule has 1 amide bonds. The van der Waals surface area contributed by atoms with Crippen LogP contribution in [0.15, 0.2) is 40.6 Å². The van der Waals surface area contributed by atoms with Crippen LogP contribution in [0.25, 0.3) is 15.9 Å². The summed E-state index contributed by atoms with van der Waals surface area (Å²) in [6.45, 7) is 8.40. The van der Waals surface area contributed by atoms with Crippen molar-refractivity contribution in [2.45, 2.75) is 50.1 Å². The molecule has 2 aliphatic rings. The number of ether oxygens (including phenoxy) is 1. The molecule has 1 atom stereocenters. The molecule has 1 fully saturated rings. The van der Waals surface area contributed by atoms with E-state index in [0.29, 0.717) is 43.1 Å². The summed E-state index contributed by atoms with van der Waals surface area (Å²) < 4.78 is 34.2. The third-order valence-electron chi connectivity index (χ3n) is 7.73. The third-order valence-corrected chi connectivity index (χ3v) is 11.7. The van der Waals surface area contributed by atoms with Crippen LogP contribution in [0.1, 0.15) is 37.6 Å². The zero-order valence-corrected chi connectivity index (χ0v) is 25.2. The van der Waals surface area contributed by atoms with Crippen molar-refractivity contribution in [1.29, 1.82) is 0 Å². The first kappa shape index (κ1) is 27.6. The summed E-state index contributed by atoms with van der Waals surface area (Å²) >= 11 is 3.05. The molecule has 1 aliphatic heterocycles. The van der Waals surface area contributed by atoms with E-state index in [9.17, 15) is 13.2 Å². The van der Waals surface area contributed by atoms with E-state index < -0.39 is 10.0 Å². The molecule has 0 saturated carbocycles. The van der Waals surface area contributed by atoms with Crippen LogP contribution in [0.3, 0.4) is 0 Å². The second-order valence-electron chi connectivity index (χ2n) is 11.3. The molecule has 212 valence electrons. The highest BCUT2D eigenvalue weighted by Gasteiger charge is 2.32. The van der Waals surface area contributed by atoms with E-state index >= 15 is 0 Å². The van der Waals surface area contributed by atoms with Gasteiger partial charge in [0.25, 0.3) is 0 Å². The molecule has 40 heavy (non-hydrogen) atoms. The number of hydrogen-bond donors (Lipinski definition) is 1. The van der Waals surface area contributed by atoms with Crippen molar-refractivity contribution < 1.29 is 17.9 Å². The van der Waals surface area contributed by atoms with E-state index in [-0.39, 0.29) is 22.0 Å². The number of aromatic nitrogens is 4. The van der Waals surface area contributed by atoms with Crippen molar-refractivity contribution in [3.63, 3.8) is 0 Å². The lowest BCUT2D eigenvalue weighted by atomic mass is 9.72. The number of sulfonamides is 1. The first-order valence-electron chi connectivity index (χ1n) is 13.4. The zero-order chi connectivity index (χ0) is 28.1. The topological polar surface area (TPSA) is 119 Å². The minimum atomic E-state index is -3.58. The number of thiophene rings is 1. The Morgan fingerprint density at radius 3 is 2.65 bits per heavy atom.